The summed E-state index contributed by atoms with van der Waals surface area (Å²) in [6, 6.07) is 11.0. The highest BCUT2D eigenvalue weighted by Gasteiger charge is 2.30. The summed E-state index contributed by atoms with van der Waals surface area (Å²) in [5, 5.41) is 7.43. The molecule has 0 bridgehead atoms. The Morgan fingerprint density at radius 2 is 1.77 bits per heavy atom. The third-order valence-corrected chi connectivity index (χ3v) is 6.69. The number of benzene rings is 1. The lowest BCUT2D eigenvalue weighted by molar-refractivity contribution is -0.126. The van der Waals surface area contributed by atoms with Crippen LogP contribution in [0, 0.1) is 5.92 Å². The second kappa shape index (κ2) is 10.2. The number of carbonyl (C=O) groups is 1. The largest absolute Gasteiger partial charge is 0.356 e. The van der Waals surface area contributed by atoms with E-state index in [0.29, 0.717) is 6.04 Å². The van der Waals surface area contributed by atoms with E-state index in [2.05, 4.69) is 50.7 Å². The molecule has 1 amide bonds. The molecule has 0 saturated carbocycles. The van der Waals surface area contributed by atoms with Gasteiger partial charge in [0.1, 0.15) is 0 Å². The molecule has 30 heavy (non-hydrogen) atoms. The second-order valence-corrected chi connectivity index (χ2v) is 8.87. The van der Waals surface area contributed by atoms with Gasteiger partial charge >= 0.3 is 0 Å². The Morgan fingerprint density at radius 1 is 1.03 bits per heavy atom. The summed E-state index contributed by atoms with van der Waals surface area (Å²) in [6.45, 7) is 6.16. The fraction of sp³-hybridized carbons (Fsp3) is 0.583. The fourth-order valence-electron chi connectivity index (χ4n) is 4.90. The first-order valence-corrected chi connectivity index (χ1v) is 11.4. The van der Waals surface area contributed by atoms with Crippen molar-refractivity contribution in [1.29, 1.82) is 0 Å². The van der Waals surface area contributed by atoms with Crippen LogP contribution in [0.5, 0.6) is 0 Å². The molecule has 2 fully saturated rings. The van der Waals surface area contributed by atoms with Gasteiger partial charge in [-0.3, -0.25) is 14.4 Å². The Kier molecular flexibility index (Phi) is 7.18. The minimum Gasteiger partial charge on any atom is -0.356 e. The summed E-state index contributed by atoms with van der Waals surface area (Å²) in [4.78, 5) is 17.7. The van der Waals surface area contributed by atoms with Crippen molar-refractivity contribution in [2.24, 2.45) is 13.0 Å². The number of likely N-dealkylation sites (tertiary alicyclic amines) is 2. The van der Waals surface area contributed by atoms with E-state index in [1.165, 1.54) is 24.0 Å². The maximum atomic E-state index is 12.5. The number of hydrogen-bond acceptors (Lipinski definition) is 4. The molecule has 1 aromatic carbocycles. The summed E-state index contributed by atoms with van der Waals surface area (Å²) in [5.41, 5.74) is 2.58. The highest BCUT2D eigenvalue weighted by atomic mass is 16.1. The predicted octanol–water partition coefficient (Wildman–Crippen LogP) is 2.46. The van der Waals surface area contributed by atoms with Gasteiger partial charge in [-0.05, 0) is 63.8 Å². The maximum absolute atomic E-state index is 12.5. The van der Waals surface area contributed by atoms with Crippen LogP contribution in [0.2, 0.25) is 0 Å². The Balaban J connectivity index is 1.14. The van der Waals surface area contributed by atoms with Crippen molar-refractivity contribution in [3.8, 4) is 0 Å². The van der Waals surface area contributed by atoms with Gasteiger partial charge in [-0.25, -0.2) is 0 Å². The molecule has 6 heteroatoms. The number of amides is 1. The van der Waals surface area contributed by atoms with Crippen LogP contribution in [-0.4, -0.2) is 64.3 Å². The molecule has 2 aromatic rings. The first-order chi connectivity index (χ1) is 14.7. The number of hydrogen-bond donors (Lipinski definition) is 1. The number of aryl methyl sites for hydroxylation is 1. The molecular weight excluding hydrogens is 374 g/mol. The minimum absolute atomic E-state index is 0.183. The van der Waals surface area contributed by atoms with Crippen LogP contribution < -0.4 is 5.32 Å². The first-order valence-electron chi connectivity index (χ1n) is 11.4. The normalized spacial score (nSPS) is 19.8. The molecule has 162 valence electrons. The Morgan fingerprint density at radius 3 is 2.43 bits per heavy atom. The van der Waals surface area contributed by atoms with Crippen LogP contribution in [0.1, 0.15) is 36.8 Å². The van der Waals surface area contributed by atoms with Crippen LogP contribution in [-0.2, 0) is 24.8 Å². The summed E-state index contributed by atoms with van der Waals surface area (Å²) in [6.07, 6.45) is 9.44. The molecule has 0 aliphatic carbocycles. The van der Waals surface area contributed by atoms with Gasteiger partial charge in [-0.1, -0.05) is 30.3 Å². The highest BCUT2D eigenvalue weighted by molar-refractivity contribution is 5.78. The smallest absolute Gasteiger partial charge is 0.223 e. The molecule has 4 rings (SSSR count). The summed E-state index contributed by atoms with van der Waals surface area (Å²) in [5.74, 6) is 0.430. The van der Waals surface area contributed by atoms with Crippen LogP contribution in [0.15, 0.2) is 42.7 Å². The molecule has 2 aliphatic heterocycles. The Labute approximate surface area is 180 Å². The van der Waals surface area contributed by atoms with Crippen molar-refractivity contribution in [2.45, 2.75) is 44.7 Å². The third-order valence-electron chi connectivity index (χ3n) is 6.69. The lowest BCUT2D eigenvalue weighted by Gasteiger charge is -2.41. The van der Waals surface area contributed by atoms with E-state index in [0.717, 1.165) is 58.5 Å². The van der Waals surface area contributed by atoms with E-state index in [1.54, 1.807) is 0 Å². The van der Waals surface area contributed by atoms with Gasteiger partial charge in [0.2, 0.25) is 5.91 Å². The molecule has 2 saturated heterocycles. The van der Waals surface area contributed by atoms with Crippen molar-refractivity contribution in [1.82, 2.24) is 24.9 Å². The Bertz CT molecular complexity index is 789. The lowest BCUT2D eigenvalue weighted by atomic mass is 9.92. The van der Waals surface area contributed by atoms with E-state index < -0.39 is 0 Å². The molecule has 6 nitrogen and oxygen atoms in total. The summed E-state index contributed by atoms with van der Waals surface area (Å²) >= 11 is 0. The molecule has 1 N–H and O–H groups in total. The van der Waals surface area contributed by atoms with Crippen LogP contribution in [0.4, 0.5) is 0 Å². The van der Waals surface area contributed by atoms with E-state index in [9.17, 15) is 4.79 Å². The van der Waals surface area contributed by atoms with Crippen LogP contribution in [0.25, 0.3) is 0 Å². The molecule has 2 aliphatic rings. The van der Waals surface area contributed by atoms with E-state index in [4.69, 9.17) is 0 Å². The fourth-order valence-corrected chi connectivity index (χ4v) is 4.90. The zero-order valence-corrected chi connectivity index (χ0v) is 18.2. The molecule has 1 aromatic heterocycles. The minimum atomic E-state index is 0.183. The second-order valence-electron chi connectivity index (χ2n) is 8.87. The van der Waals surface area contributed by atoms with Crippen molar-refractivity contribution in [3.05, 3.63) is 53.9 Å². The molecular formula is C24H35N5O. The zero-order chi connectivity index (χ0) is 20.8. The molecule has 0 unspecified atom stereocenters. The van der Waals surface area contributed by atoms with E-state index >= 15 is 0 Å². The van der Waals surface area contributed by atoms with Gasteiger partial charge in [-0.15, -0.1) is 0 Å². The van der Waals surface area contributed by atoms with Gasteiger partial charge < -0.3 is 10.2 Å². The summed E-state index contributed by atoms with van der Waals surface area (Å²) in [7, 11) is 1.98. The van der Waals surface area contributed by atoms with Gasteiger partial charge in [0.25, 0.3) is 0 Å². The number of aromatic nitrogens is 2. The molecule has 0 radical (unpaired) electrons. The number of nitrogens with zero attached hydrogens (tertiary/aromatic N) is 4. The van der Waals surface area contributed by atoms with Crippen molar-refractivity contribution >= 4 is 5.91 Å². The number of nitrogens with one attached hydrogen (secondary N) is 1. The van der Waals surface area contributed by atoms with E-state index in [-0.39, 0.29) is 11.8 Å². The predicted molar refractivity (Wildman–Crippen MR) is 119 cm³/mol. The van der Waals surface area contributed by atoms with Gasteiger partial charge in [0.05, 0.1) is 6.20 Å². The van der Waals surface area contributed by atoms with Crippen molar-refractivity contribution in [3.63, 3.8) is 0 Å². The molecule has 0 spiro atoms. The number of rotatable bonds is 7. The first kappa shape index (κ1) is 21.1. The third kappa shape index (κ3) is 5.70. The van der Waals surface area contributed by atoms with Crippen molar-refractivity contribution < 1.29 is 4.79 Å². The summed E-state index contributed by atoms with van der Waals surface area (Å²) < 4.78 is 1.88. The number of piperidine rings is 2. The maximum Gasteiger partial charge on any atom is 0.223 e. The SMILES string of the molecule is Cn1cc(CN2CCC(N3CCC(C(=O)NCCc4ccccc4)CC3)CC2)cn1. The van der Waals surface area contributed by atoms with Gasteiger partial charge in [-0.2, -0.15) is 5.10 Å². The van der Waals surface area contributed by atoms with E-state index in [1.807, 2.05) is 24.0 Å². The van der Waals surface area contributed by atoms with Crippen LogP contribution in [0.3, 0.4) is 0 Å². The quantitative estimate of drug-likeness (QED) is 0.763. The van der Waals surface area contributed by atoms with Gasteiger partial charge in [0.15, 0.2) is 0 Å². The Hall–Kier alpha value is -2.18. The number of carbonyl (C=O) groups excluding carboxylic acids is 1. The van der Waals surface area contributed by atoms with Crippen LogP contribution >= 0.6 is 0 Å². The average molecular weight is 410 g/mol. The standard InChI is InChI=1S/C24H35N5O/c1-27-18-21(17-26-27)19-28-13-10-23(11-14-28)29-15-8-22(9-16-29)24(30)25-12-7-20-5-3-2-4-6-20/h2-6,17-18,22-23H,7-16,19H2,1H3,(H,25,30). The van der Waals surface area contributed by atoms with Gasteiger partial charge in [0, 0.05) is 43.9 Å². The van der Waals surface area contributed by atoms with Crippen molar-refractivity contribution in [2.75, 3.05) is 32.7 Å². The zero-order valence-electron chi connectivity index (χ0n) is 18.2. The molecule has 0 atom stereocenters. The highest BCUT2D eigenvalue weighted by Crippen LogP contribution is 2.24. The molecule has 3 heterocycles. The monoisotopic (exact) mass is 409 g/mol. The topological polar surface area (TPSA) is 53.4 Å². The average Bonchev–Trinajstić information content (AvgIpc) is 3.19. The lowest BCUT2D eigenvalue weighted by Crippen LogP contribution is -2.49.